The molecule has 3 rings (SSSR count). The van der Waals surface area contributed by atoms with Gasteiger partial charge in [-0.2, -0.15) is 27.7 Å². The van der Waals surface area contributed by atoms with Crippen LogP contribution in [-0.2, 0) is 14.9 Å². The van der Waals surface area contributed by atoms with E-state index < -0.39 is 44.8 Å². The predicted molar refractivity (Wildman–Crippen MR) is 132 cm³/mol. The third-order valence-electron chi connectivity index (χ3n) is 5.05. The fourth-order valence-electron chi connectivity index (χ4n) is 3.46. The van der Waals surface area contributed by atoms with Crippen molar-refractivity contribution in [1.29, 1.82) is 0 Å². The molecule has 2 heterocycles. The maximum Gasteiger partial charge on any atom is 0.410 e. The lowest BCUT2D eigenvalue weighted by Gasteiger charge is -2.39. The molecule has 1 saturated heterocycles. The van der Waals surface area contributed by atoms with Gasteiger partial charge in [-0.1, -0.05) is 17.8 Å². The molecule has 0 spiro atoms. The largest absolute Gasteiger partial charge is 0.444 e. The first-order valence-electron chi connectivity index (χ1n) is 11.0. The van der Waals surface area contributed by atoms with Crippen LogP contribution in [-0.4, -0.2) is 69.9 Å². The number of carbonyl (C=O) groups is 1. The fourth-order valence-corrected chi connectivity index (χ4v) is 5.79. The Labute approximate surface area is 218 Å². The molecule has 0 bridgehead atoms. The van der Waals surface area contributed by atoms with Gasteiger partial charge in [-0.05, 0) is 58.4 Å². The summed E-state index contributed by atoms with van der Waals surface area (Å²) in [5.74, 6) is -1.80. The molecule has 2 aromatic rings. The number of thioether (sulfide) groups is 1. The average Bonchev–Trinajstić information content (AvgIpc) is 2.71. The van der Waals surface area contributed by atoms with Crippen molar-refractivity contribution in [3.63, 3.8) is 0 Å². The van der Waals surface area contributed by atoms with Crippen LogP contribution in [0.4, 0.5) is 19.5 Å². The molecule has 1 aliphatic heterocycles. The van der Waals surface area contributed by atoms with E-state index in [0.29, 0.717) is 0 Å². The topological polar surface area (TPSA) is 118 Å². The second kappa shape index (κ2) is 11.0. The number of carbonyl (C=O) groups excluding carboxylic acids is 1. The lowest BCUT2D eigenvalue weighted by molar-refractivity contribution is 0.00863. The zero-order valence-electron chi connectivity index (χ0n) is 20.3. The number of benzene rings is 1. The summed E-state index contributed by atoms with van der Waals surface area (Å²) in [6.07, 6.45) is -0.522. The van der Waals surface area contributed by atoms with E-state index in [0.717, 1.165) is 28.2 Å². The number of amides is 1. The molecule has 1 unspecified atom stereocenters. The molecule has 1 aromatic carbocycles. The Morgan fingerprint density at radius 1 is 1.22 bits per heavy atom. The number of rotatable bonds is 6. The van der Waals surface area contributed by atoms with Gasteiger partial charge < -0.3 is 9.64 Å². The van der Waals surface area contributed by atoms with Crippen molar-refractivity contribution in [1.82, 2.24) is 24.2 Å². The van der Waals surface area contributed by atoms with Gasteiger partial charge >= 0.3 is 16.3 Å². The van der Waals surface area contributed by atoms with Gasteiger partial charge in [0, 0.05) is 36.5 Å². The summed E-state index contributed by atoms with van der Waals surface area (Å²) in [5, 5.41) is -1.06. The van der Waals surface area contributed by atoms with Gasteiger partial charge in [0.2, 0.25) is 11.2 Å². The average molecular weight is 565 g/mol. The summed E-state index contributed by atoms with van der Waals surface area (Å²) >= 11 is 6.85. The van der Waals surface area contributed by atoms with Gasteiger partial charge in [-0.25, -0.2) is 18.3 Å². The first-order valence-corrected chi connectivity index (χ1v) is 13.7. The number of nitrogens with one attached hydrogen (secondary N) is 1. The minimum atomic E-state index is -4.12. The summed E-state index contributed by atoms with van der Waals surface area (Å²) in [7, 11) is -4.12. The van der Waals surface area contributed by atoms with Crippen LogP contribution in [0.2, 0.25) is 5.28 Å². The van der Waals surface area contributed by atoms with Crippen LogP contribution in [0.5, 0.6) is 0 Å². The molecule has 1 fully saturated rings. The molecule has 198 valence electrons. The standard InChI is InChI=1S/C21H27ClF2N6O4S2/c1-12-11-29(9-10-30(12)20(31)34-21(3,4)5)36(32,33)28-18-25-17(22)26-19(27-18)35-13(2)16-14(23)7-6-8-15(16)24/h6-8,12-13H,9-11H2,1-5H3,(H,25,26,27,28)/t12-,13?/m0/s1. The first kappa shape index (κ1) is 28.3. The first-order chi connectivity index (χ1) is 16.7. The summed E-state index contributed by atoms with van der Waals surface area (Å²) in [5.41, 5.74) is -0.844. The molecule has 1 amide bonds. The van der Waals surface area contributed by atoms with Gasteiger partial charge in [-0.3, -0.25) is 0 Å². The normalized spacial score (nSPS) is 18.1. The molecule has 0 aliphatic carbocycles. The Kier molecular flexibility index (Phi) is 8.63. The second-order valence-electron chi connectivity index (χ2n) is 9.09. The highest BCUT2D eigenvalue weighted by atomic mass is 35.5. The fraction of sp³-hybridized carbons (Fsp3) is 0.524. The number of aromatic nitrogens is 3. The van der Waals surface area contributed by atoms with Crippen molar-refractivity contribution in [3.8, 4) is 0 Å². The Morgan fingerprint density at radius 2 is 1.86 bits per heavy atom. The monoisotopic (exact) mass is 564 g/mol. The minimum Gasteiger partial charge on any atom is -0.444 e. The summed E-state index contributed by atoms with van der Waals surface area (Å²) in [6, 6.07) is 3.08. The number of ether oxygens (including phenoxy) is 1. The number of nitrogens with zero attached hydrogens (tertiary/aromatic N) is 5. The van der Waals surface area contributed by atoms with Crippen LogP contribution >= 0.6 is 23.4 Å². The Balaban J connectivity index is 1.71. The smallest absolute Gasteiger partial charge is 0.410 e. The van der Waals surface area contributed by atoms with Crippen LogP contribution in [0.25, 0.3) is 0 Å². The van der Waals surface area contributed by atoms with E-state index in [1.54, 1.807) is 34.6 Å². The van der Waals surface area contributed by atoms with Crippen LogP contribution < -0.4 is 4.72 Å². The highest BCUT2D eigenvalue weighted by Gasteiger charge is 2.36. The van der Waals surface area contributed by atoms with E-state index >= 15 is 0 Å². The maximum absolute atomic E-state index is 14.1. The van der Waals surface area contributed by atoms with E-state index in [4.69, 9.17) is 16.3 Å². The highest BCUT2D eigenvalue weighted by Crippen LogP contribution is 2.36. The van der Waals surface area contributed by atoms with E-state index in [9.17, 15) is 22.0 Å². The van der Waals surface area contributed by atoms with Gasteiger partial charge in [0.05, 0.1) is 0 Å². The Hall–Kier alpha value is -2.29. The molecule has 0 saturated carbocycles. The van der Waals surface area contributed by atoms with Gasteiger partial charge in [-0.15, -0.1) is 0 Å². The number of piperazine rings is 1. The van der Waals surface area contributed by atoms with E-state index in [-0.39, 0.29) is 41.6 Å². The minimum absolute atomic E-state index is 0.0125. The van der Waals surface area contributed by atoms with E-state index in [1.807, 2.05) is 0 Å². The lowest BCUT2D eigenvalue weighted by Crippen LogP contribution is -2.57. The van der Waals surface area contributed by atoms with Crippen molar-refractivity contribution in [2.45, 2.75) is 56.7 Å². The van der Waals surface area contributed by atoms with Crippen molar-refractivity contribution in [2.24, 2.45) is 0 Å². The maximum atomic E-state index is 14.1. The zero-order chi connectivity index (χ0) is 26.8. The molecule has 1 N–H and O–H groups in total. The van der Waals surface area contributed by atoms with E-state index in [2.05, 4.69) is 19.7 Å². The Bertz CT molecular complexity index is 1210. The quantitative estimate of drug-likeness (QED) is 0.517. The molecule has 2 atom stereocenters. The van der Waals surface area contributed by atoms with Crippen molar-refractivity contribution >= 4 is 45.6 Å². The predicted octanol–water partition coefficient (Wildman–Crippen LogP) is 4.25. The van der Waals surface area contributed by atoms with Crippen LogP contribution in [0.15, 0.2) is 23.4 Å². The molecule has 0 radical (unpaired) electrons. The highest BCUT2D eigenvalue weighted by molar-refractivity contribution is 7.99. The molecule has 1 aromatic heterocycles. The third kappa shape index (κ3) is 7.14. The van der Waals surface area contributed by atoms with Crippen molar-refractivity contribution < 1.29 is 26.7 Å². The number of hydrogen-bond donors (Lipinski definition) is 1. The van der Waals surface area contributed by atoms with Crippen molar-refractivity contribution in [3.05, 3.63) is 40.7 Å². The lowest BCUT2D eigenvalue weighted by atomic mass is 10.1. The van der Waals surface area contributed by atoms with Crippen LogP contribution in [0, 0.1) is 11.6 Å². The molecule has 10 nitrogen and oxygen atoms in total. The van der Waals surface area contributed by atoms with Crippen LogP contribution in [0.3, 0.4) is 0 Å². The number of halogens is 3. The molecule has 1 aliphatic rings. The summed E-state index contributed by atoms with van der Waals surface area (Å²) < 4.78 is 63.0. The molecule has 15 heteroatoms. The number of anilines is 1. The SMILES string of the molecule is CC(Sc1nc(Cl)nc(NS(=O)(=O)N2CCN(C(=O)OC(C)(C)C)[C@@H](C)C2)n1)c1c(F)cccc1F. The Morgan fingerprint density at radius 3 is 2.44 bits per heavy atom. The zero-order valence-corrected chi connectivity index (χ0v) is 22.7. The molecule has 36 heavy (non-hydrogen) atoms. The molecular weight excluding hydrogens is 538 g/mol. The number of hydrogen-bond acceptors (Lipinski definition) is 8. The van der Waals surface area contributed by atoms with Gasteiger partial charge in [0.15, 0.2) is 5.16 Å². The van der Waals surface area contributed by atoms with Gasteiger partial charge in [0.25, 0.3) is 0 Å². The summed E-state index contributed by atoms with van der Waals surface area (Å²) in [4.78, 5) is 25.7. The van der Waals surface area contributed by atoms with E-state index in [1.165, 1.54) is 11.0 Å². The van der Waals surface area contributed by atoms with Crippen LogP contribution in [0.1, 0.15) is 45.4 Å². The second-order valence-corrected chi connectivity index (χ2v) is 12.4. The third-order valence-corrected chi connectivity index (χ3v) is 7.66. The summed E-state index contributed by atoms with van der Waals surface area (Å²) in [6.45, 7) is 8.67. The molecular formula is C21H27ClF2N6O4S2. The van der Waals surface area contributed by atoms with Crippen molar-refractivity contribution in [2.75, 3.05) is 24.4 Å². The van der Waals surface area contributed by atoms with Gasteiger partial charge in [0.1, 0.15) is 17.2 Å².